The Morgan fingerprint density at radius 2 is 2.00 bits per heavy atom. The summed E-state index contributed by atoms with van der Waals surface area (Å²) in [4.78, 5) is 12.0. The van der Waals surface area contributed by atoms with Crippen molar-refractivity contribution in [2.45, 2.75) is 12.7 Å². The summed E-state index contributed by atoms with van der Waals surface area (Å²) in [6.07, 6.45) is 1.60. The Balaban J connectivity index is 1.69. The van der Waals surface area contributed by atoms with E-state index in [0.717, 1.165) is 12.1 Å². The second kappa shape index (κ2) is 6.42. The zero-order valence-corrected chi connectivity index (χ0v) is 13.2. The normalized spacial score (nSPS) is 11.5. The van der Waals surface area contributed by atoms with Crippen molar-refractivity contribution < 1.29 is 18.0 Å². The van der Waals surface area contributed by atoms with Gasteiger partial charge in [0.1, 0.15) is 0 Å². The van der Waals surface area contributed by atoms with E-state index in [2.05, 4.69) is 15.5 Å². The molecule has 1 aromatic carbocycles. The number of rotatable bonds is 4. The van der Waals surface area contributed by atoms with Gasteiger partial charge in [0.05, 0.1) is 35.8 Å². The van der Waals surface area contributed by atoms with E-state index in [4.69, 9.17) is 0 Å². The summed E-state index contributed by atoms with van der Waals surface area (Å²) in [5.41, 5.74) is 0.597. The monoisotopic (exact) mass is 349 g/mol. The van der Waals surface area contributed by atoms with Gasteiger partial charge in [-0.05, 0) is 17.7 Å². The lowest BCUT2D eigenvalue weighted by Crippen LogP contribution is -2.10. The quantitative estimate of drug-likeness (QED) is 0.788. The number of hydrogen-bond donors (Lipinski definition) is 1. The topological polar surface area (TPSA) is 64.7 Å². The van der Waals surface area contributed by atoms with Gasteiger partial charge >= 0.3 is 6.18 Å². The number of aryl methyl sites for hydroxylation is 1. The molecule has 2 heterocycles. The molecule has 1 amide bonds. The molecule has 0 bridgehead atoms. The van der Waals surface area contributed by atoms with Crippen molar-refractivity contribution in [3.05, 3.63) is 65.7 Å². The minimum absolute atomic E-state index is 0.159. The summed E-state index contributed by atoms with van der Waals surface area (Å²) in [6, 6.07) is 5.04. The van der Waals surface area contributed by atoms with Crippen molar-refractivity contribution in [2.24, 2.45) is 7.05 Å². The molecular formula is C16H14F3N5O. The van der Waals surface area contributed by atoms with Crippen LogP contribution in [0.25, 0.3) is 0 Å². The fraction of sp³-hybridized carbons (Fsp3) is 0.188. The Labute approximate surface area is 140 Å². The lowest BCUT2D eigenvalue weighted by Gasteiger charge is -2.08. The van der Waals surface area contributed by atoms with Crippen LogP contribution in [0.5, 0.6) is 0 Å². The first-order chi connectivity index (χ1) is 11.8. The smallest absolute Gasteiger partial charge is 0.319 e. The molecule has 9 heteroatoms. The van der Waals surface area contributed by atoms with E-state index in [0.29, 0.717) is 16.8 Å². The van der Waals surface area contributed by atoms with Crippen LogP contribution in [-0.2, 0) is 19.8 Å². The fourth-order valence-electron chi connectivity index (χ4n) is 2.29. The van der Waals surface area contributed by atoms with Crippen molar-refractivity contribution in [1.29, 1.82) is 0 Å². The molecule has 130 valence electrons. The van der Waals surface area contributed by atoms with Gasteiger partial charge in [-0.1, -0.05) is 12.1 Å². The summed E-state index contributed by atoms with van der Waals surface area (Å²) < 4.78 is 41.2. The summed E-state index contributed by atoms with van der Waals surface area (Å²) in [7, 11) is 1.70. The van der Waals surface area contributed by atoms with E-state index < -0.39 is 11.7 Å². The minimum Gasteiger partial charge on any atom is -0.319 e. The SMILES string of the molecule is Cn1cc(C(=O)Nc2cnn(Cc3cccc(C(F)(F)F)c3)c2)cn1. The Morgan fingerprint density at radius 3 is 2.68 bits per heavy atom. The van der Waals surface area contributed by atoms with Crippen LogP contribution >= 0.6 is 0 Å². The van der Waals surface area contributed by atoms with E-state index in [1.54, 1.807) is 25.5 Å². The molecule has 0 unspecified atom stereocenters. The summed E-state index contributed by atoms with van der Waals surface area (Å²) in [5.74, 6) is -0.341. The van der Waals surface area contributed by atoms with Crippen LogP contribution in [0.2, 0.25) is 0 Å². The molecule has 1 N–H and O–H groups in total. The molecule has 0 atom stereocenters. The number of benzene rings is 1. The van der Waals surface area contributed by atoms with Crippen molar-refractivity contribution >= 4 is 11.6 Å². The van der Waals surface area contributed by atoms with Crippen LogP contribution in [0.15, 0.2) is 49.1 Å². The highest BCUT2D eigenvalue weighted by Crippen LogP contribution is 2.29. The number of anilines is 1. The molecule has 6 nitrogen and oxygen atoms in total. The number of carbonyl (C=O) groups is 1. The molecule has 0 spiro atoms. The van der Waals surface area contributed by atoms with Crippen LogP contribution in [0.3, 0.4) is 0 Å². The summed E-state index contributed by atoms with van der Waals surface area (Å²) >= 11 is 0. The van der Waals surface area contributed by atoms with Crippen molar-refractivity contribution in [1.82, 2.24) is 19.6 Å². The van der Waals surface area contributed by atoms with Crippen LogP contribution < -0.4 is 5.32 Å². The first-order valence-electron chi connectivity index (χ1n) is 7.30. The van der Waals surface area contributed by atoms with Crippen LogP contribution in [0.4, 0.5) is 18.9 Å². The molecule has 0 saturated heterocycles. The van der Waals surface area contributed by atoms with Crippen LogP contribution in [0.1, 0.15) is 21.5 Å². The van der Waals surface area contributed by atoms with Gasteiger partial charge < -0.3 is 5.32 Å². The third kappa shape index (κ3) is 4.06. The molecular weight excluding hydrogens is 335 g/mol. The molecule has 3 aromatic rings. The van der Waals surface area contributed by atoms with E-state index in [1.807, 2.05) is 0 Å². The highest BCUT2D eigenvalue weighted by Gasteiger charge is 2.30. The van der Waals surface area contributed by atoms with Gasteiger partial charge in [0.15, 0.2) is 0 Å². The molecule has 0 fully saturated rings. The average molecular weight is 349 g/mol. The standard InChI is InChI=1S/C16H14F3N5O/c1-23-9-12(6-20-23)15(25)22-14-7-21-24(10-14)8-11-3-2-4-13(5-11)16(17,18)19/h2-7,9-10H,8H2,1H3,(H,22,25). The number of aromatic nitrogens is 4. The predicted octanol–water partition coefficient (Wildman–Crippen LogP) is 2.94. The third-order valence-corrected chi connectivity index (χ3v) is 3.46. The second-order valence-electron chi connectivity index (χ2n) is 5.48. The summed E-state index contributed by atoms with van der Waals surface area (Å²) in [6.45, 7) is 0.159. The number of nitrogens with one attached hydrogen (secondary N) is 1. The fourth-order valence-corrected chi connectivity index (χ4v) is 2.29. The Morgan fingerprint density at radius 1 is 1.20 bits per heavy atom. The van der Waals surface area contributed by atoms with Gasteiger partial charge in [0.2, 0.25) is 0 Å². The largest absolute Gasteiger partial charge is 0.416 e. The highest BCUT2D eigenvalue weighted by atomic mass is 19.4. The third-order valence-electron chi connectivity index (χ3n) is 3.46. The number of amides is 1. The molecule has 2 aromatic heterocycles. The van der Waals surface area contributed by atoms with E-state index in [1.165, 1.54) is 27.8 Å². The highest BCUT2D eigenvalue weighted by molar-refractivity contribution is 6.03. The minimum atomic E-state index is -4.39. The molecule has 0 radical (unpaired) electrons. The lowest BCUT2D eigenvalue weighted by atomic mass is 10.1. The maximum absolute atomic E-state index is 12.7. The first-order valence-corrected chi connectivity index (χ1v) is 7.30. The van der Waals surface area contributed by atoms with E-state index in [9.17, 15) is 18.0 Å². The Kier molecular flexibility index (Phi) is 4.30. The van der Waals surface area contributed by atoms with Crippen molar-refractivity contribution in [3.63, 3.8) is 0 Å². The molecule has 3 rings (SSSR count). The molecule has 25 heavy (non-hydrogen) atoms. The van der Waals surface area contributed by atoms with E-state index >= 15 is 0 Å². The number of hydrogen-bond acceptors (Lipinski definition) is 3. The number of nitrogens with zero attached hydrogens (tertiary/aromatic N) is 4. The van der Waals surface area contributed by atoms with Gasteiger partial charge in [0.25, 0.3) is 5.91 Å². The maximum Gasteiger partial charge on any atom is 0.416 e. The predicted molar refractivity (Wildman–Crippen MR) is 83.9 cm³/mol. The van der Waals surface area contributed by atoms with Gasteiger partial charge in [-0.2, -0.15) is 23.4 Å². The van der Waals surface area contributed by atoms with Gasteiger partial charge in [-0.3, -0.25) is 14.2 Å². The number of carbonyl (C=O) groups excluding carboxylic acids is 1. The Bertz CT molecular complexity index is 897. The van der Waals surface area contributed by atoms with Gasteiger partial charge in [-0.25, -0.2) is 0 Å². The summed E-state index contributed by atoms with van der Waals surface area (Å²) in [5, 5.41) is 10.6. The Hall–Kier alpha value is -3.10. The maximum atomic E-state index is 12.7. The van der Waals surface area contributed by atoms with Gasteiger partial charge in [0, 0.05) is 19.4 Å². The van der Waals surface area contributed by atoms with Crippen LogP contribution in [-0.4, -0.2) is 25.5 Å². The zero-order valence-electron chi connectivity index (χ0n) is 13.2. The van der Waals surface area contributed by atoms with Gasteiger partial charge in [-0.15, -0.1) is 0 Å². The van der Waals surface area contributed by atoms with Crippen molar-refractivity contribution in [2.75, 3.05) is 5.32 Å². The average Bonchev–Trinajstić information content (AvgIpc) is 3.16. The molecule has 0 aliphatic rings. The number of alkyl halides is 3. The molecule has 0 saturated carbocycles. The second-order valence-corrected chi connectivity index (χ2v) is 5.48. The van der Waals surface area contributed by atoms with Crippen LogP contribution in [0, 0.1) is 0 Å². The lowest BCUT2D eigenvalue weighted by molar-refractivity contribution is -0.137. The zero-order chi connectivity index (χ0) is 18.0. The first kappa shape index (κ1) is 16.7. The number of halogens is 3. The molecule has 0 aliphatic heterocycles. The van der Waals surface area contributed by atoms with E-state index in [-0.39, 0.29) is 12.5 Å². The van der Waals surface area contributed by atoms with Crippen molar-refractivity contribution in [3.8, 4) is 0 Å². The molecule has 0 aliphatic carbocycles.